The van der Waals surface area contributed by atoms with Crippen LogP contribution in [0.25, 0.3) is 0 Å². The Balaban J connectivity index is 3.16. The van der Waals surface area contributed by atoms with Gasteiger partial charge < -0.3 is 25.2 Å². The lowest BCUT2D eigenvalue weighted by Crippen LogP contribution is -2.68. The van der Waals surface area contributed by atoms with Gasteiger partial charge in [-0.3, -0.25) is 4.79 Å². The first-order valence-electron chi connectivity index (χ1n) is 4.82. The topological polar surface area (TPSA) is 120 Å². The van der Waals surface area contributed by atoms with Crippen LogP contribution in [-0.4, -0.2) is 68.1 Å². The van der Waals surface area contributed by atoms with E-state index in [-0.39, 0.29) is 0 Å². The van der Waals surface area contributed by atoms with Gasteiger partial charge in [-0.1, -0.05) is 0 Å². The average molecular weight is 263 g/mol. The molecule has 0 amide bonds. The average Bonchev–Trinajstić information content (AvgIpc) is 2.29. The van der Waals surface area contributed by atoms with E-state index in [9.17, 15) is 20.1 Å². The van der Waals surface area contributed by atoms with Gasteiger partial charge in [-0.2, -0.15) is 4.99 Å². The summed E-state index contributed by atoms with van der Waals surface area (Å²) >= 11 is 4.34. The molecule has 0 bridgehead atoms. The number of rotatable bonds is 3. The molecule has 0 aromatic carbocycles. The molecule has 1 fully saturated rings. The highest BCUT2D eigenvalue weighted by Crippen LogP contribution is 2.31. The van der Waals surface area contributed by atoms with Gasteiger partial charge in [0, 0.05) is 0 Å². The molecule has 8 heteroatoms. The van der Waals surface area contributed by atoms with Gasteiger partial charge in [0.25, 0.3) is 0 Å². The summed E-state index contributed by atoms with van der Waals surface area (Å²) in [5.74, 6) is -0.834. The molecule has 5 atom stereocenters. The van der Waals surface area contributed by atoms with E-state index < -0.39 is 42.5 Å². The molecule has 1 saturated heterocycles. The Kier molecular flexibility index (Phi) is 4.45. The number of carbonyl (C=O) groups is 1. The summed E-state index contributed by atoms with van der Waals surface area (Å²) in [5.41, 5.74) is -2.41. The molecule has 0 radical (unpaired) electrons. The molecule has 0 spiro atoms. The highest BCUT2D eigenvalue weighted by Gasteiger charge is 2.57. The third-order valence-electron chi connectivity index (χ3n) is 2.75. The molecule has 4 N–H and O–H groups in total. The molecular formula is C9H13NO6S. The molecule has 1 aliphatic rings. The van der Waals surface area contributed by atoms with Crippen LogP contribution in [0.1, 0.15) is 6.92 Å². The van der Waals surface area contributed by atoms with E-state index in [0.29, 0.717) is 0 Å². The smallest absolute Gasteiger partial charge is 0.198 e. The lowest BCUT2D eigenvalue weighted by molar-refractivity contribution is -0.262. The van der Waals surface area contributed by atoms with Crippen molar-refractivity contribution in [3.8, 4) is 0 Å². The monoisotopic (exact) mass is 263 g/mol. The van der Waals surface area contributed by atoms with Gasteiger partial charge in [0.1, 0.15) is 18.3 Å². The van der Waals surface area contributed by atoms with Crippen molar-refractivity contribution in [1.82, 2.24) is 0 Å². The Morgan fingerprint density at radius 3 is 2.59 bits per heavy atom. The van der Waals surface area contributed by atoms with Crippen molar-refractivity contribution < 1.29 is 30.0 Å². The second-order valence-corrected chi connectivity index (χ2v) is 3.93. The number of carbonyl (C=O) groups excluding carboxylic acids is 1. The fraction of sp³-hybridized carbons (Fsp3) is 0.778. The van der Waals surface area contributed by atoms with Crippen molar-refractivity contribution in [3.63, 3.8) is 0 Å². The Morgan fingerprint density at radius 1 is 1.59 bits per heavy atom. The molecule has 1 heterocycles. The first-order valence-corrected chi connectivity index (χ1v) is 5.23. The van der Waals surface area contributed by atoms with E-state index in [2.05, 4.69) is 17.2 Å². The molecule has 0 aliphatic carbocycles. The van der Waals surface area contributed by atoms with Crippen molar-refractivity contribution in [2.24, 2.45) is 4.99 Å². The number of ether oxygens (including phenoxy) is 1. The van der Waals surface area contributed by atoms with E-state index >= 15 is 0 Å². The lowest BCUT2D eigenvalue weighted by Gasteiger charge is -2.44. The quantitative estimate of drug-likeness (QED) is 0.338. The van der Waals surface area contributed by atoms with Crippen molar-refractivity contribution in [2.45, 2.75) is 37.1 Å². The van der Waals surface area contributed by atoms with Gasteiger partial charge >= 0.3 is 0 Å². The number of ketones is 1. The third-order valence-corrected chi connectivity index (χ3v) is 2.85. The van der Waals surface area contributed by atoms with Gasteiger partial charge in [-0.05, 0) is 19.1 Å². The summed E-state index contributed by atoms with van der Waals surface area (Å²) in [6, 6.07) is 0. The maximum atomic E-state index is 11.4. The standard InChI is InChI=1S/C9H13NO6S/c1-4(12)9(15)7(14)6(13)5(2-11)16-8(9)10-3-17/h5-8,11,13-15H,2H2,1H3/t5-,6-,7+,8-,9-/m1/s1. The van der Waals surface area contributed by atoms with Gasteiger partial charge in [0.05, 0.1) is 11.8 Å². The second-order valence-electron chi connectivity index (χ2n) is 3.75. The largest absolute Gasteiger partial charge is 0.394 e. The number of aliphatic hydroxyl groups excluding tert-OH is 3. The molecule has 0 aromatic heterocycles. The number of hydrogen-bond acceptors (Lipinski definition) is 8. The van der Waals surface area contributed by atoms with Crippen molar-refractivity contribution in [1.29, 1.82) is 0 Å². The number of isothiocyanates is 1. The molecule has 1 rings (SSSR count). The van der Waals surface area contributed by atoms with Gasteiger partial charge in [-0.25, -0.2) is 0 Å². The van der Waals surface area contributed by atoms with Crippen LogP contribution in [0.3, 0.4) is 0 Å². The van der Waals surface area contributed by atoms with Crippen molar-refractivity contribution >= 4 is 23.2 Å². The molecule has 0 saturated carbocycles. The zero-order valence-corrected chi connectivity index (χ0v) is 9.79. The maximum absolute atomic E-state index is 11.4. The Morgan fingerprint density at radius 2 is 2.18 bits per heavy atom. The molecule has 1 aliphatic heterocycles. The Hall–Kier alpha value is -0.730. The molecule has 7 nitrogen and oxygen atoms in total. The zero-order chi connectivity index (χ0) is 13.2. The van der Waals surface area contributed by atoms with E-state index in [1.165, 1.54) is 0 Å². The zero-order valence-electron chi connectivity index (χ0n) is 8.98. The van der Waals surface area contributed by atoms with Crippen LogP contribution in [-0.2, 0) is 9.53 Å². The number of Topliss-reactive ketones (excluding diaryl/α,β-unsaturated/α-hetero) is 1. The van der Waals surface area contributed by atoms with E-state index in [1.54, 1.807) is 0 Å². The highest BCUT2D eigenvalue weighted by atomic mass is 32.1. The minimum absolute atomic E-state index is 0.602. The summed E-state index contributed by atoms with van der Waals surface area (Å²) in [4.78, 5) is 14.8. The van der Waals surface area contributed by atoms with Crippen LogP contribution >= 0.6 is 12.2 Å². The lowest BCUT2D eigenvalue weighted by atomic mass is 9.83. The van der Waals surface area contributed by atoms with Crippen LogP contribution in [0.2, 0.25) is 0 Å². The summed E-state index contributed by atoms with van der Waals surface area (Å²) < 4.78 is 5.01. The van der Waals surface area contributed by atoms with E-state index in [4.69, 9.17) is 9.84 Å². The Bertz CT molecular complexity index is 357. The van der Waals surface area contributed by atoms with Crippen LogP contribution < -0.4 is 0 Å². The summed E-state index contributed by atoms with van der Waals surface area (Å²) in [6.07, 6.45) is -6.11. The fourth-order valence-corrected chi connectivity index (χ4v) is 1.77. The SMILES string of the molecule is CC(=O)[C@]1(O)[C@H](N=C=S)O[C@H](CO)[C@@H](O)[C@@H]1O. The molecule has 96 valence electrons. The predicted octanol–water partition coefficient (Wildman–Crippen LogP) is -2.15. The summed E-state index contributed by atoms with van der Waals surface area (Å²) in [7, 11) is 0. The normalized spacial score (nSPS) is 41.7. The number of aliphatic imine (C=N–C) groups is 1. The third kappa shape index (κ3) is 2.29. The van der Waals surface area contributed by atoms with Gasteiger partial charge in [0.15, 0.2) is 17.6 Å². The number of aliphatic hydroxyl groups is 4. The first kappa shape index (κ1) is 14.3. The van der Waals surface area contributed by atoms with Crippen LogP contribution in [0, 0.1) is 0 Å². The Labute approximate surface area is 102 Å². The first-order chi connectivity index (χ1) is 7.89. The molecule has 0 unspecified atom stereocenters. The van der Waals surface area contributed by atoms with E-state index in [0.717, 1.165) is 6.92 Å². The summed E-state index contributed by atoms with van der Waals surface area (Å²) in [5, 5.41) is 40.2. The van der Waals surface area contributed by atoms with Crippen molar-refractivity contribution in [2.75, 3.05) is 6.61 Å². The predicted molar refractivity (Wildman–Crippen MR) is 58.4 cm³/mol. The minimum atomic E-state index is -2.41. The van der Waals surface area contributed by atoms with Gasteiger partial charge in [0.2, 0.25) is 0 Å². The van der Waals surface area contributed by atoms with Crippen LogP contribution in [0.4, 0.5) is 0 Å². The van der Waals surface area contributed by atoms with Crippen LogP contribution in [0.15, 0.2) is 4.99 Å². The van der Waals surface area contributed by atoms with Crippen molar-refractivity contribution in [3.05, 3.63) is 0 Å². The fourth-order valence-electron chi connectivity index (χ4n) is 1.67. The molecule has 17 heavy (non-hydrogen) atoms. The number of thiocarbonyl (C=S) groups is 1. The molecule has 0 aromatic rings. The van der Waals surface area contributed by atoms with Gasteiger partial charge in [-0.15, -0.1) is 0 Å². The number of nitrogens with zero attached hydrogens (tertiary/aromatic N) is 1. The highest BCUT2D eigenvalue weighted by molar-refractivity contribution is 7.78. The number of hydrogen-bond donors (Lipinski definition) is 4. The molecular weight excluding hydrogens is 250 g/mol. The van der Waals surface area contributed by atoms with E-state index in [1.807, 2.05) is 5.16 Å². The minimum Gasteiger partial charge on any atom is -0.394 e. The summed E-state index contributed by atoms with van der Waals surface area (Å²) in [6.45, 7) is 0.417. The van der Waals surface area contributed by atoms with Crippen LogP contribution in [0.5, 0.6) is 0 Å². The maximum Gasteiger partial charge on any atom is 0.198 e. The second kappa shape index (κ2) is 5.28.